The van der Waals surface area contributed by atoms with E-state index < -0.39 is 5.82 Å². The number of nitrogens with zero attached hydrogens (tertiary/aromatic N) is 1. The lowest BCUT2D eigenvalue weighted by molar-refractivity contribution is 0.0822. The van der Waals surface area contributed by atoms with Gasteiger partial charge in [0.15, 0.2) is 5.76 Å². The van der Waals surface area contributed by atoms with E-state index in [1.807, 2.05) is 13.0 Å². The minimum absolute atomic E-state index is 0.133. The molecule has 0 saturated heterocycles. The minimum Gasteiger partial charge on any atom is -0.478 e. The smallest absolute Gasteiger partial charge is 0.232 e. The summed E-state index contributed by atoms with van der Waals surface area (Å²) in [7, 11) is 1.68. The Hall–Kier alpha value is -2.70. The van der Waals surface area contributed by atoms with Crippen molar-refractivity contribution in [1.82, 2.24) is 4.90 Å². The Bertz CT molecular complexity index is 954. The average molecular weight is 383 g/mol. The molecule has 6 heteroatoms. The first-order chi connectivity index (χ1) is 13.6. The molecule has 0 fully saturated rings. The molecular weight excluding hydrogens is 361 g/mol. The summed E-state index contributed by atoms with van der Waals surface area (Å²) in [6.45, 7) is 4.48. The highest BCUT2D eigenvalue weighted by Gasteiger charge is 2.35. The van der Waals surface area contributed by atoms with E-state index >= 15 is 0 Å². The zero-order chi connectivity index (χ0) is 19.7. The zero-order valence-corrected chi connectivity index (χ0v) is 16.0. The molecule has 0 spiro atoms. The van der Waals surface area contributed by atoms with E-state index in [-0.39, 0.29) is 11.5 Å². The van der Waals surface area contributed by atoms with Gasteiger partial charge in [-0.05, 0) is 37.1 Å². The third-order valence-electron chi connectivity index (χ3n) is 5.00. The van der Waals surface area contributed by atoms with Gasteiger partial charge in [-0.15, -0.1) is 0 Å². The van der Waals surface area contributed by atoms with Gasteiger partial charge < -0.3 is 14.2 Å². The molecule has 4 rings (SSSR count). The van der Waals surface area contributed by atoms with Crippen molar-refractivity contribution in [2.24, 2.45) is 0 Å². The normalized spacial score (nSPS) is 17.2. The Balaban J connectivity index is 1.66. The van der Waals surface area contributed by atoms with E-state index in [0.29, 0.717) is 36.8 Å². The third kappa shape index (κ3) is 3.41. The highest BCUT2D eigenvalue weighted by molar-refractivity contribution is 6.15. The van der Waals surface area contributed by atoms with Crippen LogP contribution < -0.4 is 9.47 Å². The summed E-state index contributed by atoms with van der Waals surface area (Å²) in [6, 6.07) is 8.19. The molecule has 0 saturated carbocycles. The molecular formula is C22H22FNO4. The number of allylic oxidation sites excluding steroid dienone is 1. The van der Waals surface area contributed by atoms with Gasteiger partial charge in [0.2, 0.25) is 5.78 Å². The predicted octanol–water partition coefficient (Wildman–Crippen LogP) is 3.94. The van der Waals surface area contributed by atoms with Gasteiger partial charge in [-0.1, -0.05) is 18.2 Å². The van der Waals surface area contributed by atoms with Crippen molar-refractivity contribution >= 4 is 11.9 Å². The molecule has 0 aromatic heterocycles. The first-order valence-corrected chi connectivity index (χ1v) is 9.28. The van der Waals surface area contributed by atoms with E-state index in [0.717, 1.165) is 29.8 Å². The van der Waals surface area contributed by atoms with Crippen molar-refractivity contribution in [3.8, 4) is 11.5 Å². The third-order valence-corrected chi connectivity index (χ3v) is 5.00. The van der Waals surface area contributed by atoms with Crippen LogP contribution in [-0.4, -0.2) is 37.7 Å². The van der Waals surface area contributed by atoms with Crippen molar-refractivity contribution in [1.29, 1.82) is 0 Å². The number of carbonyl (C=O) groups is 1. The van der Waals surface area contributed by atoms with Gasteiger partial charge in [-0.25, -0.2) is 4.39 Å². The maximum atomic E-state index is 14.0. The van der Waals surface area contributed by atoms with Crippen LogP contribution in [0, 0.1) is 12.7 Å². The molecule has 0 unspecified atom stereocenters. The van der Waals surface area contributed by atoms with Crippen LogP contribution >= 0.6 is 0 Å². The maximum Gasteiger partial charge on any atom is 0.232 e. The van der Waals surface area contributed by atoms with Crippen LogP contribution in [0.1, 0.15) is 33.5 Å². The Morgan fingerprint density at radius 2 is 2.14 bits per heavy atom. The van der Waals surface area contributed by atoms with Crippen molar-refractivity contribution in [3.63, 3.8) is 0 Å². The quantitative estimate of drug-likeness (QED) is 0.578. The number of benzene rings is 2. The van der Waals surface area contributed by atoms with Crippen molar-refractivity contribution in [2.45, 2.75) is 19.9 Å². The summed E-state index contributed by atoms with van der Waals surface area (Å²) in [6.07, 6.45) is 2.35. The van der Waals surface area contributed by atoms with Gasteiger partial charge in [-0.2, -0.15) is 0 Å². The van der Waals surface area contributed by atoms with Crippen LogP contribution in [0.3, 0.4) is 0 Å². The molecule has 0 radical (unpaired) electrons. The van der Waals surface area contributed by atoms with Gasteiger partial charge in [0, 0.05) is 32.4 Å². The first kappa shape index (κ1) is 18.7. The van der Waals surface area contributed by atoms with E-state index in [1.54, 1.807) is 25.3 Å². The van der Waals surface area contributed by atoms with E-state index in [2.05, 4.69) is 4.90 Å². The number of aryl methyl sites for hydroxylation is 1. The Morgan fingerprint density at radius 3 is 2.93 bits per heavy atom. The number of ketones is 1. The summed E-state index contributed by atoms with van der Waals surface area (Å²) in [4.78, 5) is 15.1. The largest absolute Gasteiger partial charge is 0.478 e. The van der Waals surface area contributed by atoms with Crippen LogP contribution in [0.15, 0.2) is 36.1 Å². The second-order valence-electron chi connectivity index (χ2n) is 7.01. The van der Waals surface area contributed by atoms with E-state index in [1.165, 1.54) is 12.1 Å². The first-order valence-electron chi connectivity index (χ1n) is 9.28. The SMILES string of the molecule is COCCCN1COc2cc(C)c3c(c2C1)O/C(=C\c1ccccc1F)C3=O. The Morgan fingerprint density at radius 1 is 1.32 bits per heavy atom. The summed E-state index contributed by atoms with van der Waals surface area (Å²) in [5, 5.41) is 0. The van der Waals surface area contributed by atoms with Crippen molar-refractivity contribution in [3.05, 3.63) is 64.2 Å². The lowest BCUT2D eigenvalue weighted by atomic mass is 9.98. The molecule has 2 aliphatic rings. The zero-order valence-electron chi connectivity index (χ0n) is 16.0. The molecule has 0 atom stereocenters. The Kier molecular flexibility index (Phi) is 5.15. The second-order valence-corrected chi connectivity index (χ2v) is 7.01. The predicted molar refractivity (Wildman–Crippen MR) is 103 cm³/mol. The molecule has 2 aliphatic heterocycles. The molecule has 0 amide bonds. The number of carbonyl (C=O) groups excluding carboxylic acids is 1. The molecule has 0 bridgehead atoms. The number of Topliss-reactive ketones (excluding diaryl/α,β-unsaturated/α-hetero) is 1. The monoisotopic (exact) mass is 383 g/mol. The van der Waals surface area contributed by atoms with E-state index in [4.69, 9.17) is 14.2 Å². The van der Waals surface area contributed by atoms with Crippen LogP contribution in [0.2, 0.25) is 0 Å². The summed E-state index contributed by atoms with van der Waals surface area (Å²) in [5.74, 6) is 0.773. The lowest BCUT2D eigenvalue weighted by Crippen LogP contribution is -2.33. The number of hydrogen-bond acceptors (Lipinski definition) is 5. The molecule has 5 nitrogen and oxygen atoms in total. The molecule has 28 heavy (non-hydrogen) atoms. The van der Waals surface area contributed by atoms with Gasteiger partial charge in [0.25, 0.3) is 0 Å². The second kappa shape index (κ2) is 7.73. The number of rotatable bonds is 5. The number of halogens is 1. The number of ether oxygens (including phenoxy) is 3. The summed E-state index contributed by atoms with van der Waals surface area (Å²) in [5.41, 5.74) is 2.50. The van der Waals surface area contributed by atoms with E-state index in [9.17, 15) is 9.18 Å². The number of hydrogen-bond donors (Lipinski definition) is 0. The van der Waals surface area contributed by atoms with Crippen LogP contribution in [-0.2, 0) is 11.3 Å². The highest BCUT2D eigenvalue weighted by atomic mass is 19.1. The van der Waals surface area contributed by atoms with Crippen molar-refractivity contribution < 1.29 is 23.4 Å². The van der Waals surface area contributed by atoms with Gasteiger partial charge in [0.05, 0.1) is 11.1 Å². The van der Waals surface area contributed by atoms with Crippen LogP contribution in [0.25, 0.3) is 6.08 Å². The molecule has 2 aromatic carbocycles. The fourth-order valence-electron chi connectivity index (χ4n) is 3.59. The molecule has 2 aromatic rings. The van der Waals surface area contributed by atoms with Crippen molar-refractivity contribution in [2.75, 3.05) is 27.0 Å². The standard InChI is InChI=1S/C22H22FNO4/c1-14-10-18-16(12-24(13-27-18)8-5-9-26-2)22-20(14)21(25)19(28-22)11-15-6-3-4-7-17(15)23/h3-4,6-7,10-11H,5,8-9,12-13H2,1-2H3/b19-11-. The molecule has 146 valence electrons. The topological polar surface area (TPSA) is 48.0 Å². The fourth-order valence-corrected chi connectivity index (χ4v) is 3.59. The van der Waals surface area contributed by atoms with Gasteiger partial charge in [-0.3, -0.25) is 9.69 Å². The number of methoxy groups -OCH3 is 1. The molecule has 0 aliphatic carbocycles. The Labute approximate surface area is 163 Å². The summed E-state index contributed by atoms with van der Waals surface area (Å²) < 4.78 is 31.0. The fraction of sp³-hybridized carbons (Fsp3) is 0.318. The number of fused-ring (bicyclic) bond motifs is 3. The van der Waals surface area contributed by atoms with Gasteiger partial charge >= 0.3 is 0 Å². The van der Waals surface area contributed by atoms with Gasteiger partial charge in [0.1, 0.15) is 24.0 Å². The van der Waals surface area contributed by atoms with Crippen LogP contribution in [0.4, 0.5) is 4.39 Å². The maximum absolute atomic E-state index is 14.0. The molecule has 2 heterocycles. The summed E-state index contributed by atoms with van der Waals surface area (Å²) >= 11 is 0. The molecule has 0 N–H and O–H groups in total. The lowest BCUT2D eigenvalue weighted by Gasteiger charge is -2.30. The average Bonchev–Trinajstić information content (AvgIpc) is 3.01. The highest BCUT2D eigenvalue weighted by Crippen LogP contribution is 2.44. The minimum atomic E-state index is -0.395. The van der Waals surface area contributed by atoms with Crippen LogP contribution in [0.5, 0.6) is 11.5 Å².